The number of carbonyl (C=O) groups is 2. The third-order valence-corrected chi connectivity index (χ3v) is 6.61. The van der Waals surface area contributed by atoms with Crippen LogP contribution in [0.15, 0.2) is 61.4 Å². The third kappa shape index (κ3) is 4.75. The normalized spacial score (nSPS) is 20.4. The molecule has 2 aliphatic rings. The van der Waals surface area contributed by atoms with Gasteiger partial charge in [-0.05, 0) is 55.6 Å². The maximum atomic E-state index is 13.5. The van der Waals surface area contributed by atoms with Crippen molar-refractivity contribution in [2.45, 2.75) is 38.3 Å². The first kappa shape index (κ1) is 22.2. The lowest BCUT2D eigenvalue weighted by Gasteiger charge is -2.42. The number of pyridine rings is 1. The van der Waals surface area contributed by atoms with Crippen LogP contribution in [-0.2, 0) is 16.0 Å². The molecule has 168 valence electrons. The Balaban J connectivity index is 1.58. The van der Waals surface area contributed by atoms with E-state index in [4.69, 9.17) is 0 Å². The molecule has 2 amide bonds. The minimum Gasteiger partial charge on any atom is -0.335 e. The highest BCUT2D eigenvalue weighted by Crippen LogP contribution is 2.24. The predicted octanol–water partition coefficient (Wildman–Crippen LogP) is 3.00. The molecule has 0 radical (unpaired) electrons. The fraction of sp³-hybridized carbons (Fsp3) is 0.423. The maximum absolute atomic E-state index is 13.5. The van der Waals surface area contributed by atoms with Gasteiger partial charge in [-0.25, -0.2) is 0 Å². The molecule has 1 aromatic heterocycles. The Bertz CT molecular complexity index is 955. The molecule has 0 N–H and O–H groups in total. The Labute approximate surface area is 190 Å². The van der Waals surface area contributed by atoms with Gasteiger partial charge < -0.3 is 9.80 Å². The fourth-order valence-corrected chi connectivity index (χ4v) is 4.80. The first-order valence-corrected chi connectivity index (χ1v) is 11.5. The number of amides is 2. The van der Waals surface area contributed by atoms with E-state index in [0.717, 1.165) is 42.6 Å². The number of hydrogen-bond donors (Lipinski definition) is 0. The summed E-state index contributed by atoms with van der Waals surface area (Å²) in [4.78, 5) is 36.9. The highest BCUT2D eigenvalue weighted by molar-refractivity contribution is 5.91. The molecule has 0 spiro atoms. The van der Waals surface area contributed by atoms with Crippen molar-refractivity contribution in [1.82, 2.24) is 19.7 Å². The number of nitrogens with zero attached hydrogens (tertiary/aromatic N) is 4. The van der Waals surface area contributed by atoms with Gasteiger partial charge in [0.25, 0.3) is 0 Å². The molecule has 2 saturated heterocycles. The van der Waals surface area contributed by atoms with Crippen LogP contribution in [0.3, 0.4) is 0 Å². The van der Waals surface area contributed by atoms with E-state index < -0.39 is 6.04 Å². The van der Waals surface area contributed by atoms with Crippen LogP contribution in [0.4, 0.5) is 0 Å². The molecule has 2 fully saturated rings. The SMILES string of the molecule is C=CCN1CCN(C(=O)[C@@H](C)N2CCCC2)[C@H](Cc2cccc(-c3cccnc3)c2)C1=O. The van der Waals surface area contributed by atoms with E-state index in [1.807, 2.05) is 53.3 Å². The smallest absolute Gasteiger partial charge is 0.246 e. The molecule has 6 heteroatoms. The van der Waals surface area contributed by atoms with Gasteiger partial charge in [0.2, 0.25) is 11.8 Å². The first-order valence-electron chi connectivity index (χ1n) is 11.5. The van der Waals surface area contributed by atoms with Gasteiger partial charge in [-0.3, -0.25) is 19.5 Å². The molecule has 6 nitrogen and oxygen atoms in total. The molecule has 0 unspecified atom stereocenters. The van der Waals surface area contributed by atoms with Gasteiger partial charge in [0.15, 0.2) is 0 Å². The van der Waals surface area contributed by atoms with Crippen LogP contribution >= 0.6 is 0 Å². The van der Waals surface area contributed by atoms with Gasteiger partial charge in [0.05, 0.1) is 6.04 Å². The van der Waals surface area contributed by atoms with Crippen LogP contribution in [0.2, 0.25) is 0 Å². The van der Waals surface area contributed by atoms with Crippen LogP contribution in [0.1, 0.15) is 25.3 Å². The summed E-state index contributed by atoms with van der Waals surface area (Å²) < 4.78 is 0. The highest BCUT2D eigenvalue weighted by atomic mass is 16.2. The molecule has 3 heterocycles. The van der Waals surface area contributed by atoms with Crippen LogP contribution < -0.4 is 0 Å². The lowest BCUT2D eigenvalue weighted by Crippen LogP contribution is -2.62. The van der Waals surface area contributed by atoms with Gasteiger partial charge in [0, 0.05) is 38.4 Å². The van der Waals surface area contributed by atoms with Crippen LogP contribution in [-0.4, -0.2) is 76.3 Å². The summed E-state index contributed by atoms with van der Waals surface area (Å²) in [5.41, 5.74) is 3.13. The number of aromatic nitrogens is 1. The topological polar surface area (TPSA) is 56.8 Å². The second-order valence-electron chi connectivity index (χ2n) is 8.69. The van der Waals surface area contributed by atoms with Crippen molar-refractivity contribution in [1.29, 1.82) is 0 Å². The zero-order valence-corrected chi connectivity index (χ0v) is 18.8. The molecule has 4 rings (SSSR count). The minimum absolute atomic E-state index is 0.00454. The maximum Gasteiger partial charge on any atom is 0.246 e. The molecular formula is C26H32N4O2. The van der Waals surface area contributed by atoms with E-state index in [1.165, 1.54) is 0 Å². The zero-order valence-electron chi connectivity index (χ0n) is 18.8. The highest BCUT2D eigenvalue weighted by Gasteiger charge is 2.39. The summed E-state index contributed by atoms with van der Waals surface area (Å²) >= 11 is 0. The lowest BCUT2D eigenvalue weighted by atomic mass is 9.97. The number of rotatable bonds is 7. The Morgan fingerprint density at radius 2 is 1.94 bits per heavy atom. The molecule has 2 aromatic rings. The fourth-order valence-electron chi connectivity index (χ4n) is 4.80. The van der Waals surface area contributed by atoms with Crippen molar-refractivity contribution in [3.05, 3.63) is 67.0 Å². The Morgan fingerprint density at radius 1 is 1.16 bits per heavy atom. The van der Waals surface area contributed by atoms with E-state index in [2.05, 4.69) is 22.5 Å². The molecule has 2 atom stereocenters. The summed E-state index contributed by atoms with van der Waals surface area (Å²) in [6, 6.07) is 11.4. The Morgan fingerprint density at radius 3 is 2.66 bits per heavy atom. The third-order valence-electron chi connectivity index (χ3n) is 6.61. The van der Waals surface area contributed by atoms with Crippen LogP contribution in [0.5, 0.6) is 0 Å². The molecule has 0 saturated carbocycles. The van der Waals surface area contributed by atoms with Gasteiger partial charge in [0.1, 0.15) is 6.04 Å². The van der Waals surface area contributed by atoms with Gasteiger partial charge in [-0.2, -0.15) is 0 Å². The average Bonchev–Trinajstić information content (AvgIpc) is 3.37. The monoisotopic (exact) mass is 432 g/mol. The molecule has 2 aliphatic heterocycles. The van der Waals surface area contributed by atoms with Crippen molar-refractivity contribution < 1.29 is 9.59 Å². The van der Waals surface area contributed by atoms with E-state index in [0.29, 0.717) is 26.1 Å². The van der Waals surface area contributed by atoms with Crippen molar-refractivity contribution >= 4 is 11.8 Å². The second kappa shape index (κ2) is 10.1. The van der Waals surface area contributed by atoms with Gasteiger partial charge in [-0.1, -0.05) is 36.4 Å². The molecular weight excluding hydrogens is 400 g/mol. The lowest BCUT2D eigenvalue weighted by molar-refractivity contribution is -0.153. The van der Waals surface area contributed by atoms with E-state index in [-0.39, 0.29) is 17.9 Å². The zero-order chi connectivity index (χ0) is 22.5. The summed E-state index contributed by atoms with van der Waals surface area (Å²) in [5, 5.41) is 0. The largest absolute Gasteiger partial charge is 0.335 e. The van der Waals surface area contributed by atoms with Crippen molar-refractivity contribution in [2.75, 3.05) is 32.7 Å². The molecule has 1 aromatic carbocycles. The number of piperazine rings is 1. The average molecular weight is 433 g/mol. The summed E-state index contributed by atoms with van der Waals surface area (Å²) in [6.45, 7) is 9.30. The van der Waals surface area contributed by atoms with Crippen molar-refractivity contribution in [2.24, 2.45) is 0 Å². The van der Waals surface area contributed by atoms with E-state index in [1.54, 1.807) is 12.3 Å². The Kier molecular flexibility index (Phi) is 7.00. The predicted molar refractivity (Wildman–Crippen MR) is 126 cm³/mol. The van der Waals surface area contributed by atoms with E-state index in [9.17, 15) is 9.59 Å². The van der Waals surface area contributed by atoms with E-state index >= 15 is 0 Å². The molecule has 0 bridgehead atoms. The first-order chi connectivity index (χ1) is 15.6. The number of carbonyl (C=O) groups excluding carboxylic acids is 2. The van der Waals surface area contributed by atoms with Crippen molar-refractivity contribution in [3.63, 3.8) is 0 Å². The van der Waals surface area contributed by atoms with Crippen LogP contribution in [0.25, 0.3) is 11.1 Å². The minimum atomic E-state index is -0.495. The van der Waals surface area contributed by atoms with Crippen molar-refractivity contribution in [3.8, 4) is 11.1 Å². The summed E-state index contributed by atoms with van der Waals surface area (Å²) in [5.74, 6) is 0.0665. The quantitative estimate of drug-likeness (QED) is 0.631. The number of benzene rings is 1. The summed E-state index contributed by atoms with van der Waals surface area (Å²) in [6.07, 6.45) is 8.11. The molecule has 32 heavy (non-hydrogen) atoms. The second-order valence-corrected chi connectivity index (χ2v) is 8.69. The Hall–Kier alpha value is -2.99. The van der Waals surface area contributed by atoms with Gasteiger partial charge >= 0.3 is 0 Å². The number of hydrogen-bond acceptors (Lipinski definition) is 4. The van der Waals surface area contributed by atoms with Gasteiger partial charge in [-0.15, -0.1) is 6.58 Å². The molecule has 0 aliphatic carbocycles. The van der Waals surface area contributed by atoms with Crippen LogP contribution in [0, 0.1) is 0 Å². The standard InChI is InChI=1S/C26H32N4O2/c1-3-12-29-15-16-30(25(31)20(2)28-13-4-5-14-28)24(26(29)32)18-21-8-6-9-22(17-21)23-10-7-11-27-19-23/h3,6-11,17,19-20,24H,1,4-5,12-16,18H2,2H3/t20-,24-/m1/s1. The number of likely N-dealkylation sites (tertiary alicyclic amines) is 1. The summed E-state index contributed by atoms with van der Waals surface area (Å²) in [7, 11) is 0.